The number of fused-ring (bicyclic) bond motifs is 3. The first-order valence-corrected chi connectivity index (χ1v) is 8.85. The summed E-state index contributed by atoms with van der Waals surface area (Å²) in [6, 6.07) is 13.6. The molecular formula is C20H19N3O4. The van der Waals surface area contributed by atoms with Gasteiger partial charge in [-0.25, -0.2) is 0 Å². The van der Waals surface area contributed by atoms with Crippen molar-refractivity contribution in [3.8, 4) is 0 Å². The van der Waals surface area contributed by atoms with Crippen LogP contribution in [0.15, 0.2) is 48.5 Å². The maximum absolute atomic E-state index is 12.4. The number of hydrogen-bond donors (Lipinski definition) is 2. The predicted molar refractivity (Wildman–Crippen MR) is 100 cm³/mol. The van der Waals surface area contributed by atoms with Crippen molar-refractivity contribution in [2.24, 2.45) is 0 Å². The van der Waals surface area contributed by atoms with E-state index < -0.39 is 11.0 Å². The lowest BCUT2D eigenvalue weighted by Crippen LogP contribution is -2.45. The zero-order chi connectivity index (χ0) is 19.0. The molecule has 0 aliphatic carbocycles. The lowest BCUT2D eigenvalue weighted by molar-refractivity contribution is -0.384. The number of esters is 1. The number of carbonyl (C=O) groups is 1. The van der Waals surface area contributed by atoms with Crippen molar-refractivity contribution in [3.63, 3.8) is 0 Å². The first-order valence-electron chi connectivity index (χ1n) is 8.85. The second kappa shape index (κ2) is 6.85. The van der Waals surface area contributed by atoms with Crippen LogP contribution >= 0.6 is 0 Å². The van der Waals surface area contributed by atoms with E-state index in [9.17, 15) is 14.9 Å². The highest BCUT2D eigenvalue weighted by Crippen LogP contribution is 2.35. The van der Waals surface area contributed by atoms with Crippen molar-refractivity contribution in [3.05, 3.63) is 75.5 Å². The molecule has 138 valence electrons. The van der Waals surface area contributed by atoms with Gasteiger partial charge in [0.2, 0.25) is 0 Å². The Balaban J connectivity index is 1.80. The minimum Gasteiger partial charge on any atom is -0.465 e. The lowest BCUT2D eigenvalue weighted by atomic mass is 9.90. The zero-order valence-corrected chi connectivity index (χ0v) is 14.8. The molecule has 3 aromatic rings. The fourth-order valence-electron chi connectivity index (χ4n) is 3.68. The van der Waals surface area contributed by atoms with Gasteiger partial charge in [-0.2, -0.15) is 0 Å². The van der Waals surface area contributed by atoms with E-state index in [-0.39, 0.29) is 17.7 Å². The zero-order valence-electron chi connectivity index (χ0n) is 14.8. The Morgan fingerprint density at radius 1 is 1.22 bits per heavy atom. The Bertz CT molecular complexity index is 1010. The number of rotatable bonds is 4. The van der Waals surface area contributed by atoms with Gasteiger partial charge in [0.05, 0.1) is 17.6 Å². The summed E-state index contributed by atoms with van der Waals surface area (Å²) in [5, 5.41) is 15.4. The van der Waals surface area contributed by atoms with E-state index in [1.165, 1.54) is 12.1 Å². The lowest BCUT2D eigenvalue weighted by Gasteiger charge is -2.30. The molecule has 0 bridgehead atoms. The van der Waals surface area contributed by atoms with Gasteiger partial charge in [0.25, 0.3) is 5.69 Å². The van der Waals surface area contributed by atoms with Crippen LogP contribution in [-0.2, 0) is 16.0 Å². The molecule has 7 nitrogen and oxygen atoms in total. The van der Waals surface area contributed by atoms with Gasteiger partial charge in [0, 0.05) is 35.2 Å². The van der Waals surface area contributed by atoms with Crippen molar-refractivity contribution < 1.29 is 14.5 Å². The molecule has 0 amide bonds. The number of para-hydroxylation sites is 1. The van der Waals surface area contributed by atoms with E-state index in [0.717, 1.165) is 27.7 Å². The third kappa shape index (κ3) is 3.06. The Morgan fingerprint density at radius 2 is 1.96 bits per heavy atom. The van der Waals surface area contributed by atoms with Gasteiger partial charge in [-0.15, -0.1) is 0 Å². The van der Waals surface area contributed by atoms with Crippen LogP contribution in [0, 0.1) is 10.1 Å². The van der Waals surface area contributed by atoms with Gasteiger partial charge >= 0.3 is 5.97 Å². The highest BCUT2D eigenvalue weighted by atomic mass is 16.6. The smallest absolute Gasteiger partial charge is 0.323 e. The Hall–Kier alpha value is -3.19. The molecule has 4 rings (SSSR count). The van der Waals surface area contributed by atoms with E-state index in [1.54, 1.807) is 19.1 Å². The number of hydrogen-bond acceptors (Lipinski definition) is 5. The molecule has 0 spiro atoms. The predicted octanol–water partition coefficient (Wildman–Crippen LogP) is 3.24. The molecule has 1 aromatic heterocycles. The summed E-state index contributed by atoms with van der Waals surface area (Å²) in [6.45, 7) is 2.10. The number of nitro benzene ring substituents is 1. The summed E-state index contributed by atoms with van der Waals surface area (Å²) < 4.78 is 5.22. The largest absolute Gasteiger partial charge is 0.465 e. The van der Waals surface area contributed by atoms with Crippen molar-refractivity contribution in [1.82, 2.24) is 10.3 Å². The summed E-state index contributed by atoms with van der Waals surface area (Å²) in [4.78, 5) is 26.4. The SMILES string of the molecule is CCOC(=O)C1Cc2c([nH]c3ccccc23)C(c2ccc([N+](=O)[O-])cc2)N1. The van der Waals surface area contributed by atoms with Gasteiger partial charge in [-0.1, -0.05) is 30.3 Å². The number of nitro groups is 1. The Morgan fingerprint density at radius 3 is 2.67 bits per heavy atom. The van der Waals surface area contributed by atoms with Gasteiger partial charge < -0.3 is 9.72 Å². The quantitative estimate of drug-likeness (QED) is 0.420. The van der Waals surface area contributed by atoms with Crippen molar-refractivity contribution in [2.75, 3.05) is 6.61 Å². The van der Waals surface area contributed by atoms with Crippen LogP contribution in [0.5, 0.6) is 0 Å². The molecule has 2 atom stereocenters. The Kier molecular flexibility index (Phi) is 4.37. The van der Waals surface area contributed by atoms with Crippen LogP contribution in [0.25, 0.3) is 10.9 Å². The molecule has 27 heavy (non-hydrogen) atoms. The van der Waals surface area contributed by atoms with E-state index in [0.29, 0.717) is 13.0 Å². The first kappa shape index (κ1) is 17.2. The topological polar surface area (TPSA) is 97.3 Å². The number of aromatic amines is 1. The van der Waals surface area contributed by atoms with Crippen LogP contribution in [0.2, 0.25) is 0 Å². The van der Waals surface area contributed by atoms with Gasteiger partial charge in [-0.05, 0) is 24.1 Å². The third-order valence-corrected chi connectivity index (χ3v) is 4.92. The van der Waals surface area contributed by atoms with E-state index in [2.05, 4.69) is 10.3 Å². The second-order valence-corrected chi connectivity index (χ2v) is 6.52. The molecule has 2 N–H and O–H groups in total. The minimum absolute atomic E-state index is 0.0355. The number of ether oxygens (including phenoxy) is 1. The molecule has 1 aliphatic rings. The summed E-state index contributed by atoms with van der Waals surface area (Å²) in [6.07, 6.45) is 0.529. The number of benzene rings is 2. The second-order valence-electron chi connectivity index (χ2n) is 6.52. The molecule has 1 aliphatic heterocycles. The number of nitrogens with zero attached hydrogens (tertiary/aromatic N) is 1. The molecule has 2 unspecified atom stereocenters. The maximum atomic E-state index is 12.4. The van der Waals surface area contributed by atoms with E-state index in [4.69, 9.17) is 4.74 Å². The molecule has 0 radical (unpaired) electrons. The number of carbonyl (C=O) groups excluding carboxylic acids is 1. The number of nitrogens with one attached hydrogen (secondary N) is 2. The van der Waals surface area contributed by atoms with Crippen LogP contribution in [0.3, 0.4) is 0 Å². The number of non-ortho nitro benzene ring substituents is 1. The van der Waals surface area contributed by atoms with Gasteiger partial charge in [-0.3, -0.25) is 20.2 Å². The van der Waals surface area contributed by atoms with Crippen molar-refractivity contribution >= 4 is 22.6 Å². The van der Waals surface area contributed by atoms with Crippen LogP contribution in [0.4, 0.5) is 5.69 Å². The summed E-state index contributed by atoms with van der Waals surface area (Å²) in [5.74, 6) is -0.291. The standard InChI is InChI=1S/C20H19N3O4/c1-2-27-20(24)17-11-15-14-5-3-4-6-16(14)21-19(15)18(22-17)12-7-9-13(10-8-12)23(25)26/h3-10,17-18,21-22H,2,11H2,1H3. The fraction of sp³-hybridized carbons (Fsp3) is 0.250. The van der Waals surface area contributed by atoms with Crippen molar-refractivity contribution in [1.29, 1.82) is 0 Å². The monoisotopic (exact) mass is 365 g/mol. The number of H-pyrrole nitrogens is 1. The van der Waals surface area contributed by atoms with E-state index >= 15 is 0 Å². The van der Waals surface area contributed by atoms with Crippen molar-refractivity contribution in [2.45, 2.75) is 25.4 Å². The van der Waals surface area contributed by atoms with Crippen LogP contribution in [0.1, 0.15) is 29.8 Å². The minimum atomic E-state index is -0.475. The summed E-state index contributed by atoms with van der Waals surface area (Å²) in [5.41, 5.74) is 3.94. The first-order chi connectivity index (χ1) is 13.1. The highest BCUT2D eigenvalue weighted by Gasteiger charge is 2.34. The fourth-order valence-corrected chi connectivity index (χ4v) is 3.68. The van der Waals surface area contributed by atoms with Gasteiger partial charge in [0.1, 0.15) is 6.04 Å². The van der Waals surface area contributed by atoms with E-state index in [1.807, 2.05) is 24.3 Å². The maximum Gasteiger partial charge on any atom is 0.323 e. The third-order valence-electron chi connectivity index (χ3n) is 4.92. The highest BCUT2D eigenvalue weighted by molar-refractivity contribution is 5.87. The molecule has 0 fully saturated rings. The van der Waals surface area contributed by atoms with Crippen LogP contribution < -0.4 is 5.32 Å². The molecule has 2 aromatic carbocycles. The average Bonchev–Trinajstić information content (AvgIpc) is 3.06. The molecular weight excluding hydrogens is 346 g/mol. The summed E-state index contributed by atoms with van der Waals surface area (Å²) in [7, 11) is 0. The molecule has 0 saturated heterocycles. The summed E-state index contributed by atoms with van der Waals surface area (Å²) >= 11 is 0. The number of aromatic nitrogens is 1. The molecule has 2 heterocycles. The average molecular weight is 365 g/mol. The Labute approximate surface area is 155 Å². The van der Waals surface area contributed by atoms with Crippen LogP contribution in [-0.4, -0.2) is 28.5 Å². The van der Waals surface area contributed by atoms with Gasteiger partial charge in [0.15, 0.2) is 0 Å². The molecule has 7 heteroatoms. The normalized spacial score (nSPS) is 18.9. The molecule has 0 saturated carbocycles.